The molecule has 0 aliphatic carbocycles. The zero-order chi connectivity index (χ0) is 14.6. The van der Waals surface area contributed by atoms with Gasteiger partial charge in [0, 0.05) is 4.47 Å². The monoisotopic (exact) mass is 349 g/mol. The van der Waals surface area contributed by atoms with Gasteiger partial charge >= 0.3 is 5.97 Å². The van der Waals surface area contributed by atoms with Crippen molar-refractivity contribution in [3.8, 4) is 0 Å². The second-order valence-corrected chi connectivity index (χ2v) is 7.02. The molecule has 0 aliphatic rings. The Labute approximate surface area is 121 Å². The predicted octanol–water partition coefficient (Wildman–Crippen LogP) is 2.17. The smallest absolute Gasteiger partial charge is 0.327 e. The first-order chi connectivity index (χ1) is 8.71. The third-order valence-corrected chi connectivity index (χ3v) is 3.96. The molecule has 0 spiro atoms. The van der Waals surface area contributed by atoms with Crippen molar-refractivity contribution in [2.45, 2.75) is 20.0 Å². The van der Waals surface area contributed by atoms with Gasteiger partial charge in [-0.05, 0) is 41.9 Å². The minimum absolute atomic E-state index is 0.284. The SMILES string of the molecule is CC(C)OC(=O)CN(c1ccccc1Br)S(C)(=O)=O. The molecule has 0 fully saturated rings. The minimum atomic E-state index is -3.57. The second kappa shape index (κ2) is 6.38. The van der Waals surface area contributed by atoms with Gasteiger partial charge in [0.2, 0.25) is 10.0 Å². The number of ether oxygens (including phenoxy) is 1. The number of nitrogens with zero attached hydrogens (tertiary/aromatic N) is 1. The fourth-order valence-electron chi connectivity index (χ4n) is 1.45. The number of carbonyl (C=O) groups excluding carboxylic acids is 1. The molecular formula is C12H16BrNO4S. The van der Waals surface area contributed by atoms with Crippen LogP contribution in [0.25, 0.3) is 0 Å². The van der Waals surface area contributed by atoms with E-state index in [0.717, 1.165) is 10.6 Å². The topological polar surface area (TPSA) is 63.7 Å². The van der Waals surface area contributed by atoms with Gasteiger partial charge in [-0.1, -0.05) is 12.1 Å². The zero-order valence-corrected chi connectivity index (χ0v) is 13.4. The average Bonchev–Trinajstić information content (AvgIpc) is 2.24. The molecule has 19 heavy (non-hydrogen) atoms. The van der Waals surface area contributed by atoms with Crippen molar-refractivity contribution in [3.05, 3.63) is 28.7 Å². The first kappa shape index (κ1) is 16.0. The number of anilines is 1. The summed E-state index contributed by atoms with van der Waals surface area (Å²) in [6, 6.07) is 6.79. The van der Waals surface area contributed by atoms with Gasteiger partial charge in [0.25, 0.3) is 0 Å². The molecule has 7 heteroatoms. The third-order valence-electron chi connectivity index (χ3n) is 2.16. The Morgan fingerprint density at radius 1 is 1.37 bits per heavy atom. The number of benzene rings is 1. The molecule has 0 atom stereocenters. The molecular weight excluding hydrogens is 334 g/mol. The Kier molecular flexibility index (Phi) is 5.37. The number of halogens is 1. The number of rotatable bonds is 5. The number of sulfonamides is 1. The molecule has 0 saturated carbocycles. The Morgan fingerprint density at radius 2 is 1.95 bits per heavy atom. The summed E-state index contributed by atoms with van der Waals surface area (Å²) in [7, 11) is -3.57. The molecule has 0 aromatic heterocycles. The van der Waals surface area contributed by atoms with E-state index < -0.39 is 16.0 Å². The highest BCUT2D eigenvalue weighted by Crippen LogP contribution is 2.27. The molecule has 0 saturated heterocycles. The maximum absolute atomic E-state index is 11.8. The number of hydrogen-bond donors (Lipinski definition) is 0. The van der Waals surface area contributed by atoms with Crippen LogP contribution in [0.3, 0.4) is 0 Å². The molecule has 1 rings (SSSR count). The van der Waals surface area contributed by atoms with Gasteiger partial charge in [0.15, 0.2) is 0 Å². The van der Waals surface area contributed by atoms with Crippen LogP contribution < -0.4 is 4.31 Å². The highest BCUT2D eigenvalue weighted by molar-refractivity contribution is 9.10. The van der Waals surface area contributed by atoms with Crippen LogP contribution in [0.1, 0.15) is 13.8 Å². The van der Waals surface area contributed by atoms with Crippen LogP contribution in [0.4, 0.5) is 5.69 Å². The number of esters is 1. The summed E-state index contributed by atoms with van der Waals surface area (Å²) < 4.78 is 30.2. The van der Waals surface area contributed by atoms with Gasteiger partial charge < -0.3 is 4.74 Å². The van der Waals surface area contributed by atoms with E-state index in [0.29, 0.717) is 10.2 Å². The maximum atomic E-state index is 11.8. The molecule has 0 aliphatic heterocycles. The normalized spacial score (nSPS) is 11.4. The van der Waals surface area contributed by atoms with Gasteiger partial charge in [0.05, 0.1) is 18.0 Å². The fourth-order valence-corrected chi connectivity index (χ4v) is 2.93. The largest absolute Gasteiger partial charge is 0.462 e. The second-order valence-electron chi connectivity index (χ2n) is 4.26. The van der Waals surface area contributed by atoms with Gasteiger partial charge in [-0.3, -0.25) is 9.10 Å². The van der Waals surface area contributed by atoms with E-state index >= 15 is 0 Å². The van der Waals surface area contributed by atoms with Gasteiger partial charge in [0.1, 0.15) is 6.54 Å². The predicted molar refractivity (Wildman–Crippen MR) is 77.6 cm³/mol. The van der Waals surface area contributed by atoms with E-state index in [1.54, 1.807) is 38.1 Å². The lowest BCUT2D eigenvalue weighted by molar-refractivity contribution is -0.145. The number of hydrogen-bond acceptors (Lipinski definition) is 4. The number of para-hydroxylation sites is 1. The molecule has 1 aromatic carbocycles. The lowest BCUT2D eigenvalue weighted by Crippen LogP contribution is -2.36. The Bertz CT molecular complexity index is 557. The lowest BCUT2D eigenvalue weighted by Gasteiger charge is -2.23. The fraction of sp³-hybridized carbons (Fsp3) is 0.417. The molecule has 0 N–H and O–H groups in total. The molecule has 0 heterocycles. The summed E-state index contributed by atoms with van der Waals surface area (Å²) in [4.78, 5) is 11.7. The van der Waals surface area contributed by atoms with Crippen LogP contribution in [0.2, 0.25) is 0 Å². The molecule has 0 radical (unpaired) electrons. The van der Waals surface area contributed by atoms with Crippen LogP contribution in [0.5, 0.6) is 0 Å². The first-order valence-electron chi connectivity index (χ1n) is 5.63. The average molecular weight is 350 g/mol. The van der Waals surface area contributed by atoms with Crippen LogP contribution in [0, 0.1) is 0 Å². The quantitative estimate of drug-likeness (QED) is 0.764. The molecule has 0 amide bonds. The summed E-state index contributed by atoms with van der Waals surface area (Å²) in [5.41, 5.74) is 0.408. The molecule has 0 unspecified atom stereocenters. The van der Waals surface area contributed by atoms with Gasteiger partial charge in [-0.15, -0.1) is 0 Å². The zero-order valence-electron chi connectivity index (χ0n) is 11.0. The lowest BCUT2D eigenvalue weighted by atomic mass is 10.3. The number of carbonyl (C=O) groups is 1. The van der Waals surface area contributed by atoms with E-state index in [2.05, 4.69) is 15.9 Å². The van der Waals surface area contributed by atoms with E-state index in [1.165, 1.54) is 0 Å². The van der Waals surface area contributed by atoms with Crippen molar-refractivity contribution in [1.82, 2.24) is 0 Å². The van der Waals surface area contributed by atoms with Crippen LogP contribution in [0.15, 0.2) is 28.7 Å². The van der Waals surface area contributed by atoms with E-state index in [9.17, 15) is 13.2 Å². The van der Waals surface area contributed by atoms with Crippen molar-refractivity contribution in [2.24, 2.45) is 0 Å². The summed E-state index contributed by atoms with van der Waals surface area (Å²) in [6.07, 6.45) is 0.767. The van der Waals surface area contributed by atoms with Crippen molar-refractivity contribution < 1.29 is 17.9 Å². The highest BCUT2D eigenvalue weighted by Gasteiger charge is 2.23. The third kappa shape index (κ3) is 4.83. The first-order valence-corrected chi connectivity index (χ1v) is 8.27. The standard InChI is InChI=1S/C12H16BrNO4S/c1-9(2)18-12(15)8-14(19(3,16)17)11-7-5-4-6-10(11)13/h4-7,9H,8H2,1-3H3. The highest BCUT2D eigenvalue weighted by atomic mass is 79.9. The minimum Gasteiger partial charge on any atom is -0.462 e. The Hall–Kier alpha value is -1.08. The van der Waals surface area contributed by atoms with Gasteiger partial charge in [-0.25, -0.2) is 8.42 Å². The molecule has 5 nitrogen and oxygen atoms in total. The van der Waals surface area contributed by atoms with Crippen molar-refractivity contribution >= 4 is 37.6 Å². The van der Waals surface area contributed by atoms with Crippen molar-refractivity contribution in [3.63, 3.8) is 0 Å². The molecule has 0 bridgehead atoms. The summed E-state index contributed by atoms with van der Waals surface area (Å²) in [5, 5.41) is 0. The van der Waals surface area contributed by atoms with Crippen molar-refractivity contribution in [2.75, 3.05) is 17.1 Å². The van der Waals surface area contributed by atoms with E-state index in [1.807, 2.05) is 0 Å². The van der Waals surface area contributed by atoms with Crippen molar-refractivity contribution in [1.29, 1.82) is 0 Å². The Morgan fingerprint density at radius 3 is 2.42 bits per heavy atom. The van der Waals surface area contributed by atoms with Crippen LogP contribution in [-0.4, -0.2) is 33.3 Å². The Balaban J connectivity index is 3.05. The van der Waals surface area contributed by atoms with Gasteiger partial charge in [-0.2, -0.15) is 0 Å². The summed E-state index contributed by atoms with van der Waals surface area (Å²) in [5.74, 6) is -0.587. The summed E-state index contributed by atoms with van der Waals surface area (Å²) in [6.45, 7) is 3.07. The van der Waals surface area contributed by atoms with Crippen LogP contribution >= 0.6 is 15.9 Å². The van der Waals surface area contributed by atoms with E-state index in [-0.39, 0.29) is 12.6 Å². The summed E-state index contributed by atoms with van der Waals surface area (Å²) >= 11 is 3.27. The van der Waals surface area contributed by atoms with E-state index in [4.69, 9.17) is 4.74 Å². The maximum Gasteiger partial charge on any atom is 0.327 e. The van der Waals surface area contributed by atoms with Crippen LogP contribution in [-0.2, 0) is 19.6 Å². The molecule has 1 aromatic rings. The molecule has 106 valence electrons.